The lowest BCUT2D eigenvalue weighted by Crippen LogP contribution is -2.37. The van der Waals surface area contributed by atoms with Crippen LogP contribution < -0.4 is 10.1 Å². The number of benzene rings is 2. The summed E-state index contributed by atoms with van der Waals surface area (Å²) >= 11 is 0. The number of rotatable bonds is 6. The smallest absolute Gasteiger partial charge is 0.416 e. The number of ether oxygens (including phenoxy) is 1. The van der Waals surface area contributed by atoms with Crippen molar-refractivity contribution in [3.05, 3.63) is 95.2 Å². The normalized spacial score (nSPS) is 13.3. The van der Waals surface area contributed by atoms with E-state index in [4.69, 9.17) is 4.74 Å². The van der Waals surface area contributed by atoms with Gasteiger partial charge in [0.1, 0.15) is 23.7 Å². The van der Waals surface area contributed by atoms with Gasteiger partial charge in [-0.2, -0.15) is 13.2 Å². The van der Waals surface area contributed by atoms with Crippen LogP contribution in [-0.4, -0.2) is 39.4 Å². The summed E-state index contributed by atoms with van der Waals surface area (Å²) in [6.07, 6.45) is -1.42. The Balaban J connectivity index is 1.39. The number of alkyl halides is 3. The van der Waals surface area contributed by atoms with Crippen LogP contribution in [0.4, 0.5) is 29.1 Å². The molecule has 1 amide bonds. The molecular weight excluding hydrogens is 502 g/mol. The number of nitrogens with one attached hydrogen (secondary N) is 1. The first-order valence-electron chi connectivity index (χ1n) is 11.6. The fourth-order valence-corrected chi connectivity index (χ4v) is 4.32. The van der Waals surface area contributed by atoms with E-state index in [1.165, 1.54) is 18.6 Å². The average Bonchev–Trinajstić information content (AvgIpc) is 2.90. The maximum atomic E-state index is 13.8. The number of aromatic nitrogens is 3. The van der Waals surface area contributed by atoms with Gasteiger partial charge in [0.2, 0.25) is 0 Å². The largest absolute Gasteiger partial charge is 0.497 e. The Morgan fingerprint density at radius 1 is 1.03 bits per heavy atom. The lowest BCUT2D eigenvalue weighted by atomic mass is 9.96. The summed E-state index contributed by atoms with van der Waals surface area (Å²) in [6, 6.07) is 12.8. The third-order valence-corrected chi connectivity index (χ3v) is 6.14. The molecule has 0 saturated carbocycles. The monoisotopic (exact) mass is 523 g/mol. The quantitative estimate of drug-likeness (QED) is 0.329. The first-order chi connectivity index (χ1) is 18.2. The van der Waals surface area contributed by atoms with Gasteiger partial charge in [-0.3, -0.25) is 9.78 Å². The number of fused-ring (bicyclic) bond motifs is 1. The van der Waals surface area contributed by atoms with Crippen molar-refractivity contribution in [2.24, 2.45) is 0 Å². The zero-order valence-corrected chi connectivity index (χ0v) is 20.1. The minimum atomic E-state index is -4.70. The summed E-state index contributed by atoms with van der Waals surface area (Å²) in [7, 11) is 1.59. The van der Waals surface area contributed by atoms with Gasteiger partial charge in [0.15, 0.2) is 0 Å². The minimum absolute atomic E-state index is 0.116. The van der Waals surface area contributed by atoms with Crippen molar-refractivity contribution in [3.63, 3.8) is 0 Å². The minimum Gasteiger partial charge on any atom is -0.497 e. The number of nitrogens with zero attached hydrogens (tertiary/aromatic N) is 4. The fraction of sp³-hybridized carbons (Fsp3) is 0.185. The van der Waals surface area contributed by atoms with Gasteiger partial charge in [-0.05, 0) is 53.9 Å². The second-order valence-electron chi connectivity index (χ2n) is 8.65. The molecular formula is C27H21F4N5O2. The van der Waals surface area contributed by atoms with Gasteiger partial charge in [0, 0.05) is 36.6 Å². The average molecular weight is 523 g/mol. The Bertz CT molecular complexity index is 1490. The molecule has 3 heterocycles. The van der Waals surface area contributed by atoms with E-state index in [9.17, 15) is 22.4 Å². The van der Waals surface area contributed by atoms with E-state index in [0.717, 1.165) is 29.0 Å². The van der Waals surface area contributed by atoms with Gasteiger partial charge in [0.05, 0.1) is 24.1 Å². The van der Waals surface area contributed by atoms with Gasteiger partial charge in [0.25, 0.3) is 5.91 Å². The van der Waals surface area contributed by atoms with E-state index in [-0.39, 0.29) is 17.4 Å². The highest BCUT2D eigenvalue weighted by atomic mass is 19.4. The van der Waals surface area contributed by atoms with E-state index >= 15 is 0 Å². The highest BCUT2D eigenvalue weighted by Gasteiger charge is 2.31. The van der Waals surface area contributed by atoms with Crippen molar-refractivity contribution in [1.29, 1.82) is 0 Å². The number of pyridine rings is 1. The molecule has 0 saturated heterocycles. The van der Waals surface area contributed by atoms with Crippen molar-refractivity contribution in [3.8, 4) is 17.1 Å². The van der Waals surface area contributed by atoms with Crippen LogP contribution in [0.5, 0.6) is 5.75 Å². The Hall–Kier alpha value is -4.54. The molecule has 1 N–H and O–H groups in total. The Kier molecular flexibility index (Phi) is 6.66. The third kappa shape index (κ3) is 5.26. The van der Waals surface area contributed by atoms with Crippen LogP contribution in [0.15, 0.2) is 67.1 Å². The number of anilines is 2. The van der Waals surface area contributed by atoms with E-state index < -0.39 is 17.6 Å². The maximum absolute atomic E-state index is 13.8. The molecule has 0 aliphatic carbocycles. The molecule has 1 aliphatic heterocycles. The molecule has 2 aromatic carbocycles. The van der Waals surface area contributed by atoms with Crippen LogP contribution in [0.2, 0.25) is 0 Å². The van der Waals surface area contributed by atoms with Crippen molar-refractivity contribution in [2.45, 2.75) is 19.1 Å². The molecule has 1 aliphatic rings. The van der Waals surface area contributed by atoms with Crippen LogP contribution in [0.25, 0.3) is 11.4 Å². The first-order valence-corrected chi connectivity index (χ1v) is 11.6. The molecule has 194 valence electrons. The zero-order valence-electron chi connectivity index (χ0n) is 20.1. The van der Waals surface area contributed by atoms with E-state index in [1.54, 1.807) is 18.1 Å². The van der Waals surface area contributed by atoms with Crippen molar-refractivity contribution < 1.29 is 27.1 Å². The molecule has 0 radical (unpaired) electrons. The fourth-order valence-electron chi connectivity index (χ4n) is 4.32. The summed E-state index contributed by atoms with van der Waals surface area (Å²) in [5, 5.41) is 2.70. The molecule has 0 bridgehead atoms. The molecule has 11 heteroatoms. The topological polar surface area (TPSA) is 80.2 Å². The number of methoxy groups -OCH3 is 1. The number of carbonyl (C=O) groups is 1. The molecule has 4 aromatic rings. The lowest BCUT2D eigenvalue weighted by Gasteiger charge is -2.29. The molecule has 0 fully saturated rings. The molecule has 2 aromatic heterocycles. The Labute approximate surface area is 215 Å². The molecule has 0 spiro atoms. The number of halogens is 4. The summed E-state index contributed by atoms with van der Waals surface area (Å²) in [4.78, 5) is 27.8. The highest BCUT2D eigenvalue weighted by Crippen LogP contribution is 2.33. The SMILES string of the molecule is COc1ccc(CN2CCc3c(ccnc3-c3cc(Nc4cc(F)cc(C(F)(F)F)c4)ncn3)C2=O)cc1. The Morgan fingerprint density at radius 2 is 1.82 bits per heavy atom. The van der Waals surface area contributed by atoms with Crippen LogP contribution in [0.3, 0.4) is 0 Å². The number of amides is 1. The van der Waals surface area contributed by atoms with E-state index in [1.807, 2.05) is 24.3 Å². The third-order valence-electron chi connectivity index (χ3n) is 6.14. The molecule has 38 heavy (non-hydrogen) atoms. The van der Waals surface area contributed by atoms with Crippen LogP contribution in [0, 0.1) is 5.82 Å². The van der Waals surface area contributed by atoms with Crippen LogP contribution in [0.1, 0.15) is 27.0 Å². The summed E-state index contributed by atoms with van der Waals surface area (Å²) in [6.45, 7) is 0.908. The van der Waals surface area contributed by atoms with Gasteiger partial charge in [-0.25, -0.2) is 14.4 Å². The highest BCUT2D eigenvalue weighted by molar-refractivity contribution is 5.98. The second-order valence-corrected chi connectivity index (χ2v) is 8.65. The van der Waals surface area contributed by atoms with Gasteiger partial charge >= 0.3 is 6.18 Å². The number of hydrogen-bond acceptors (Lipinski definition) is 6. The lowest BCUT2D eigenvalue weighted by molar-refractivity contribution is -0.137. The zero-order chi connectivity index (χ0) is 26.9. The second kappa shape index (κ2) is 10.1. The number of hydrogen-bond donors (Lipinski definition) is 1. The molecule has 0 atom stereocenters. The summed E-state index contributed by atoms with van der Waals surface area (Å²) < 4.78 is 58.2. The van der Waals surface area contributed by atoms with Crippen molar-refractivity contribution >= 4 is 17.4 Å². The van der Waals surface area contributed by atoms with Crippen LogP contribution in [-0.2, 0) is 19.1 Å². The summed E-state index contributed by atoms with van der Waals surface area (Å²) in [5.41, 5.74) is 1.81. The van der Waals surface area contributed by atoms with Gasteiger partial charge < -0.3 is 15.0 Å². The predicted molar refractivity (Wildman–Crippen MR) is 131 cm³/mol. The molecule has 7 nitrogen and oxygen atoms in total. The van der Waals surface area contributed by atoms with E-state index in [0.29, 0.717) is 42.5 Å². The predicted octanol–water partition coefficient (Wildman–Crippen LogP) is 5.65. The van der Waals surface area contributed by atoms with Gasteiger partial charge in [-0.1, -0.05) is 12.1 Å². The Morgan fingerprint density at radius 3 is 2.55 bits per heavy atom. The maximum Gasteiger partial charge on any atom is 0.416 e. The summed E-state index contributed by atoms with van der Waals surface area (Å²) in [5.74, 6) is -0.293. The van der Waals surface area contributed by atoms with Crippen molar-refractivity contribution in [2.75, 3.05) is 19.0 Å². The molecule has 0 unspecified atom stereocenters. The van der Waals surface area contributed by atoms with E-state index in [2.05, 4.69) is 20.3 Å². The van der Waals surface area contributed by atoms with Crippen molar-refractivity contribution in [1.82, 2.24) is 19.9 Å². The molecule has 5 rings (SSSR count). The van der Waals surface area contributed by atoms with Gasteiger partial charge in [-0.15, -0.1) is 0 Å². The first kappa shape index (κ1) is 25.1. The number of carbonyl (C=O) groups excluding carboxylic acids is 1. The van der Waals surface area contributed by atoms with Crippen LogP contribution >= 0.6 is 0 Å². The standard InChI is InChI=1S/C27H21F4N5O2/c1-38-20-4-2-16(3-5-20)14-36-9-7-21-22(26(36)37)6-8-32-25(21)23-13-24(34-15-33-23)35-19-11-17(27(29,30)31)10-18(28)12-19/h2-6,8,10-13,15H,7,9,14H2,1H3,(H,33,34,35).